The number of carbonyl (C=O) groups is 1. The lowest BCUT2D eigenvalue weighted by atomic mass is 10.3. The molecule has 26 heavy (non-hydrogen) atoms. The van der Waals surface area contributed by atoms with Crippen molar-refractivity contribution in [1.82, 2.24) is 0 Å². The molecule has 1 aromatic carbocycles. The third kappa shape index (κ3) is 3.27. The lowest BCUT2D eigenvalue weighted by Gasteiger charge is -2.19. The van der Waals surface area contributed by atoms with Crippen molar-refractivity contribution >= 4 is 77.6 Å². The number of hydrogen-bond donors (Lipinski definition) is 1. The van der Waals surface area contributed by atoms with E-state index in [2.05, 4.69) is 21.0 Å². The van der Waals surface area contributed by atoms with E-state index in [4.69, 9.17) is 4.99 Å². The highest BCUT2D eigenvalue weighted by molar-refractivity contribution is 9.10. The number of aromatic nitrogens is 1. The lowest BCUT2D eigenvalue weighted by Crippen LogP contribution is -2.38. The highest BCUT2D eigenvalue weighted by Crippen LogP contribution is 2.48. The van der Waals surface area contributed by atoms with Gasteiger partial charge in [-0.2, -0.15) is 9.63 Å². The molecule has 11 heteroatoms. The van der Waals surface area contributed by atoms with Gasteiger partial charge in [-0.15, -0.1) is 4.99 Å². The maximum absolute atomic E-state index is 11.3. The van der Waals surface area contributed by atoms with Crippen LogP contribution in [0.5, 0.6) is 0 Å². The molecule has 3 aromatic rings. The molecule has 7 nitrogen and oxygen atoms in total. The maximum Gasteiger partial charge on any atom is 0.370 e. The number of thioether (sulfide) groups is 1. The molecule has 0 atom stereocenters. The van der Waals surface area contributed by atoms with Gasteiger partial charge in [-0.1, -0.05) is 50.4 Å². The van der Waals surface area contributed by atoms with Crippen LogP contribution in [0.3, 0.4) is 0 Å². The summed E-state index contributed by atoms with van der Waals surface area (Å²) >= 11 is 7.75. The van der Waals surface area contributed by atoms with Crippen LogP contribution in [-0.2, 0) is 21.4 Å². The van der Waals surface area contributed by atoms with Crippen LogP contribution in [0.1, 0.15) is 5.01 Å². The number of halogens is 1. The molecule has 0 saturated carbocycles. The summed E-state index contributed by atoms with van der Waals surface area (Å²) in [6.07, 6.45) is 1.79. The Kier molecular flexibility index (Phi) is 5.01. The number of nitrogens with zero attached hydrogens (tertiary/aromatic N) is 2. The third-order valence-electron chi connectivity index (χ3n) is 3.54. The van der Waals surface area contributed by atoms with Crippen molar-refractivity contribution in [1.29, 1.82) is 0 Å². The van der Waals surface area contributed by atoms with Crippen LogP contribution in [0.25, 0.3) is 15.6 Å². The Morgan fingerprint density at radius 2 is 2.27 bits per heavy atom. The number of hydrogen-bond acceptors (Lipinski definition) is 8. The molecule has 1 aliphatic rings. The first-order valence-corrected chi connectivity index (χ1v) is 10.4. The minimum Gasteiger partial charge on any atom is -0.690 e. The minimum atomic E-state index is -0.926. The molecule has 1 aliphatic heterocycles. The Morgan fingerprint density at radius 1 is 1.42 bits per heavy atom. The van der Waals surface area contributed by atoms with Gasteiger partial charge in [-0.05, 0) is 29.6 Å². The van der Waals surface area contributed by atoms with Crippen molar-refractivity contribution in [2.45, 2.75) is 11.4 Å². The normalized spacial score (nSPS) is 15.2. The highest BCUT2D eigenvalue weighted by Gasteiger charge is 2.30. The molecule has 0 aliphatic carbocycles. The van der Waals surface area contributed by atoms with Gasteiger partial charge in [-0.25, -0.2) is 4.79 Å². The van der Waals surface area contributed by atoms with E-state index in [1.165, 1.54) is 39.5 Å². The zero-order valence-electron chi connectivity index (χ0n) is 12.7. The van der Waals surface area contributed by atoms with E-state index in [9.17, 15) is 15.2 Å². The summed E-state index contributed by atoms with van der Waals surface area (Å²) in [5, 5.41) is 28.0. The molecule has 134 valence electrons. The number of thiazole rings is 1. The van der Waals surface area contributed by atoms with Crippen molar-refractivity contribution in [3.05, 3.63) is 44.2 Å². The number of fused-ring (bicyclic) bond motifs is 2. The first-order chi connectivity index (χ1) is 12.6. The quantitative estimate of drug-likeness (QED) is 0.346. The summed E-state index contributed by atoms with van der Waals surface area (Å²) in [4.78, 5) is 17.8. The van der Waals surface area contributed by atoms with Gasteiger partial charge in [0.1, 0.15) is 9.73 Å². The number of carboxylic acids is 1. The molecule has 1 N–H and O–H groups in total. The fourth-order valence-electron chi connectivity index (χ4n) is 2.53. The fraction of sp³-hybridized carbons (Fsp3) is 0.0667. The van der Waals surface area contributed by atoms with Crippen molar-refractivity contribution in [2.24, 2.45) is 0 Å². The molecule has 4 rings (SSSR count). The van der Waals surface area contributed by atoms with Crippen molar-refractivity contribution in [3.63, 3.8) is 0 Å². The SMILES string of the molecule is O=C(O)C[n+]1c(C=C2Sc3ccc(Br)cc3N2OO[O-])sc2ccsc21. The summed E-state index contributed by atoms with van der Waals surface area (Å²) in [5.41, 5.74) is 0.662. The summed E-state index contributed by atoms with van der Waals surface area (Å²) in [6.45, 7) is -0.151. The number of carboxylic acid groups (broad SMARTS) is 1. The summed E-state index contributed by atoms with van der Waals surface area (Å²) in [6, 6.07) is 7.54. The number of rotatable bonds is 5. The number of thiophene rings is 1. The minimum absolute atomic E-state index is 0.151. The van der Waals surface area contributed by atoms with Crippen LogP contribution in [0.2, 0.25) is 0 Å². The number of hydroxylamine groups is 1. The topological polar surface area (TPSA) is 85.9 Å². The van der Waals surface area contributed by atoms with Crippen molar-refractivity contribution in [2.75, 3.05) is 5.06 Å². The average Bonchev–Trinajstić information content (AvgIpc) is 3.25. The Hall–Kier alpha value is -1.47. The van der Waals surface area contributed by atoms with Gasteiger partial charge >= 0.3 is 5.97 Å². The number of aliphatic carboxylic acids is 1. The van der Waals surface area contributed by atoms with E-state index in [0.717, 1.165) is 23.9 Å². The Labute approximate surface area is 167 Å². The molecule has 0 radical (unpaired) electrons. The van der Waals surface area contributed by atoms with Crippen LogP contribution >= 0.6 is 50.4 Å². The van der Waals surface area contributed by atoms with Crippen LogP contribution < -0.4 is 14.9 Å². The second-order valence-corrected chi connectivity index (χ2v) is 9.08. The van der Waals surface area contributed by atoms with Gasteiger partial charge < -0.3 is 10.4 Å². The highest BCUT2D eigenvalue weighted by atomic mass is 79.9. The van der Waals surface area contributed by atoms with E-state index >= 15 is 0 Å². The van der Waals surface area contributed by atoms with Gasteiger partial charge in [0.15, 0.2) is 0 Å². The Balaban J connectivity index is 1.79. The zero-order valence-corrected chi connectivity index (χ0v) is 16.8. The standard InChI is InChI=1S/C15H9BrN2O5S3/c16-8-1-2-10-9(5-8)18(22-23-21)13(25-10)6-12-17(7-14(19)20)15-11(26-12)3-4-24-15/h1-6H,7H2,(H-,19,20,21). The first-order valence-electron chi connectivity index (χ1n) is 7.14. The van der Waals surface area contributed by atoms with Crippen LogP contribution in [-0.4, -0.2) is 11.1 Å². The molecule has 0 saturated heterocycles. The van der Waals surface area contributed by atoms with Gasteiger partial charge in [0.05, 0.1) is 11.8 Å². The van der Waals surface area contributed by atoms with Crippen molar-refractivity contribution < 1.29 is 29.8 Å². The van der Waals surface area contributed by atoms with Gasteiger partial charge in [0.2, 0.25) is 6.54 Å². The van der Waals surface area contributed by atoms with Crippen LogP contribution in [0.4, 0.5) is 5.69 Å². The molecule has 0 spiro atoms. The number of anilines is 1. The molecule has 0 fully saturated rings. The first kappa shape index (κ1) is 17.9. The molecule has 0 bridgehead atoms. The van der Waals surface area contributed by atoms with Gasteiger partial charge in [0.25, 0.3) is 9.84 Å². The predicted octanol–water partition coefficient (Wildman–Crippen LogP) is 3.15. The number of benzene rings is 1. The lowest BCUT2D eigenvalue weighted by molar-refractivity contribution is -0.800. The molecular weight excluding hydrogens is 464 g/mol. The Bertz CT molecular complexity index is 1030. The van der Waals surface area contributed by atoms with Crippen LogP contribution in [0.15, 0.2) is 44.0 Å². The largest absolute Gasteiger partial charge is 0.690 e. The summed E-state index contributed by atoms with van der Waals surface area (Å²) in [7, 11) is 0. The monoisotopic (exact) mass is 472 g/mol. The maximum atomic E-state index is 11.3. The van der Waals surface area contributed by atoms with E-state index < -0.39 is 5.97 Å². The summed E-state index contributed by atoms with van der Waals surface area (Å²) < 4.78 is 3.56. The van der Waals surface area contributed by atoms with Gasteiger partial charge in [-0.3, -0.25) is 5.04 Å². The molecule has 0 amide bonds. The third-order valence-corrected chi connectivity index (χ3v) is 7.25. The van der Waals surface area contributed by atoms with E-state index in [-0.39, 0.29) is 6.54 Å². The van der Waals surface area contributed by atoms with E-state index in [0.29, 0.717) is 10.7 Å². The smallest absolute Gasteiger partial charge is 0.370 e. The predicted molar refractivity (Wildman–Crippen MR) is 100 cm³/mol. The molecule has 2 aromatic heterocycles. The van der Waals surface area contributed by atoms with E-state index in [1.807, 2.05) is 23.6 Å². The second kappa shape index (κ2) is 7.27. The van der Waals surface area contributed by atoms with Crippen molar-refractivity contribution in [3.8, 4) is 0 Å². The van der Waals surface area contributed by atoms with Gasteiger partial charge in [0, 0.05) is 9.37 Å². The fourth-order valence-corrected chi connectivity index (χ4v) is 6.16. The average molecular weight is 473 g/mol. The molecular formula is C15H9BrN2O5S3. The summed E-state index contributed by atoms with van der Waals surface area (Å²) in [5.74, 6) is -0.926. The Morgan fingerprint density at radius 3 is 3.04 bits per heavy atom. The van der Waals surface area contributed by atoms with E-state index in [1.54, 1.807) is 16.7 Å². The second-order valence-electron chi connectivity index (χ2n) is 5.14. The molecule has 0 unspecified atom stereocenters. The molecule has 3 heterocycles. The zero-order chi connectivity index (χ0) is 18.3. The van der Waals surface area contributed by atoms with Crippen LogP contribution in [0, 0.1) is 0 Å².